The Bertz CT molecular complexity index is 281. The lowest BCUT2D eigenvalue weighted by atomic mass is 9.71. The van der Waals surface area contributed by atoms with E-state index in [1.807, 2.05) is 0 Å². The Morgan fingerprint density at radius 3 is 2.40 bits per heavy atom. The van der Waals surface area contributed by atoms with E-state index >= 15 is 0 Å². The summed E-state index contributed by atoms with van der Waals surface area (Å²) in [5.41, 5.74) is 2.61. The van der Waals surface area contributed by atoms with Gasteiger partial charge in [-0.15, -0.1) is 5.54 Å². The van der Waals surface area contributed by atoms with E-state index in [2.05, 4.69) is 45.0 Å². The molecule has 0 saturated heterocycles. The second kappa shape index (κ2) is 4.31. The molecule has 2 heteroatoms. The van der Waals surface area contributed by atoms with Gasteiger partial charge in [0.15, 0.2) is 0 Å². The van der Waals surface area contributed by atoms with E-state index in [-0.39, 0.29) is 0 Å². The summed E-state index contributed by atoms with van der Waals surface area (Å²) in [4.78, 5) is 0. The maximum atomic E-state index is 10.5. The molecule has 0 spiro atoms. The van der Waals surface area contributed by atoms with E-state index < -0.39 is 13.7 Å². The van der Waals surface area contributed by atoms with Crippen LogP contribution < -0.4 is 0 Å². The van der Waals surface area contributed by atoms with Crippen LogP contribution in [-0.2, 0) is 0 Å². The summed E-state index contributed by atoms with van der Waals surface area (Å²) in [7, 11) is -1.36. The molecule has 0 aliphatic heterocycles. The summed E-state index contributed by atoms with van der Waals surface area (Å²) in [6, 6.07) is 0. The van der Waals surface area contributed by atoms with Gasteiger partial charge in [-0.3, -0.25) is 0 Å². The first-order valence-corrected chi connectivity index (χ1v) is 9.51. The normalized spacial score (nSPS) is 36.9. The van der Waals surface area contributed by atoms with Crippen LogP contribution >= 0.6 is 0 Å². The molecular formula is C13H24OSi. The zero-order valence-corrected chi connectivity index (χ0v) is 11.7. The van der Waals surface area contributed by atoms with E-state index in [9.17, 15) is 5.11 Å². The van der Waals surface area contributed by atoms with Gasteiger partial charge in [0.25, 0.3) is 0 Å². The van der Waals surface area contributed by atoms with E-state index in [0.717, 1.165) is 12.8 Å². The van der Waals surface area contributed by atoms with Crippen LogP contribution in [0.5, 0.6) is 0 Å². The summed E-state index contributed by atoms with van der Waals surface area (Å²) in [6.45, 7) is 11.0. The van der Waals surface area contributed by atoms with Crippen LogP contribution in [0, 0.1) is 23.3 Å². The Hall–Kier alpha value is -0.263. The zero-order chi connectivity index (χ0) is 11.7. The fourth-order valence-electron chi connectivity index (χ4n) is 2.11. The van der Waals surface area contributed by atoms with E-state index in [0.29, 0.717) is 11.8 Å². The minimum atomic E-state index is -1.36. The van der Waals surface area contributed by atoms with Crippen LogP contribution in [0.3, 0.4) is 0 Å². The van der Waals surface area contributed by atoms with Crippen molar-refractivity contribution in [1.82, 2.24) is 0 Å². The molecule has 0 unspecified atom stereocenters. The van der Waals surface area contributed by atoms with Gasteiger partial charge in [-0.2, -0.15) is 0 Å². The van der Waals surface area contributed by atoms with Gasteiger partial charge in [-0.25, -0.2) is 0 Å². The van der Waals surface area contributed by atoms with Crippen molar-refractivity contribution in [3.63, 3.8) is 0 Å². The molecule has 0 radical (unpaired) electrons. The van der Waals surface area contributed by atoms with Gasteiger partial charge in [0, 0.05) is 0 Å². The zero-order valence-electron chi connectivity index (χ0n) is 10.7. The standard InChI is InChI=1S/C13H24OSi/c1-11-7-6-8-13(14,12(11)2)9-10-15(3,4)5/h11-12,14H,6-8H2,1-5H3/t11-,12+,13-/m0/s1. The van der Waals surface area contributed by atoms with Crippen molar-refractivity contribution < 1.29 is 5.11 Å². The fourth-order valence-corrected chi connectivity index (χ4v) is 2.71. The maximum Gasteiger partial charge on any atom is 0.129 e. The van der Waals surface area contributed by atoms with Gasteiger partial charge in [-0.05, 0) is 24.7 Å². The van der Waals surface area contributed by atoms with Gasteiger partial charge in [0.05, 0.1) is 0 Å². The van der Waals surface area contributed by atoms with Crippen molar-refractivity contribution in [3.8, 4) is 11.5 Å². The number of rotatable bonds is 0. The number of hydrogen-bond donors (Lipinski definition) is 1. The number of aliphatic hydroxyl groups is 1. The Morgan fingerprint density at radius 2 is 1.87 bits per heavy atom. The summed E-state index contributed by atoms with van der Waals surface area (Å²) >= 11 is 0. The second-order valence-electron chi connectivity index (χ2n) is 6.08. The molecular weight excluding hydrogens is 200 g/mol. The van der Waals surface area contributed by atoms with Crippen LogP contribution in [-0.4, -0.2) is 18.8 Å². The quantitative estimate of drug-likeness (QED) is 0.495. The first-order chi connectivity index (χ1) is 6.75. The van der Waals surface area contributed by atoms with Gasteiger partial charge >= 0.3 is 0 Å². The third kappa shape index (κ3) is 3.36. The van der Waals surface area contributed by atoms with Gasteiger partial charge < -0.3 is 5.11 Å². The van der Waals surface area contributed by atoms with Gasteiger partial charge in [0.1, 0.15) is 13.7 Å². The molecule has 3 atom stereocenters. The maximum absolute atomic E-state index is 10.5. The molecule has 15 heavy (non-hydrogen) atoms. The van der Waals surface area contributed by atoms with Crippen molar-refractivity contribution in [2.45, 2.75) is 58.4 Å². The van der Waals surface area contributed by atoms with E-state index in [1.165, 1.54) is 6.42 Å². The van der Waals surface area contributed by atoms with Crippen molar-refractivity contribution in [2.24, 2.45) is 11.8 Å². The van der Waals surface area contributed by atoms with Gasteiger partial charge in [-0.1, -0.05) is 45.8 Å². The molecule has 1 rings (SSSR count). The molecule has 0 aromatic heterocycles. The van der Waals surface area contributed by atoms with Crippen LogP contribution in [0.1, 0.15) is 33.1 Å². The molecule has 1 nitrogen and oxygen atoms in total. The SMILES string of the molecule is C[C@@H]1[C@@H](C)CCC[C@]1(O)C#C[Si](C)(C)C. The monoisotopic (exact) mass is 224 g/mol. The highest BCUT2D eigenvalue weighted by molar-refractivity contribution is 6.83. The Balaban J connectivity index is 2.84. The molecule has 0 heterocycles. The van der Waals surface area contributed by atoms with Gasteiger partial charge in [0.2, 0.25) is 0 Å². The topological polar surface area (TPSA) is 20.2 Å². The van der Waals surface area contributed by atoms with Crippen molar-refractivity contribution >= 4 is 8.07 Å². The molecule has 1 aliphatic carbocycles. The first kappa shape index (κ1) is 12.8. The number of hydrogen-bond acceptors (Lipinski definition) is 1. The lowest BCUT2D eigenvalue weighted by Gasteiger charge is -2.38. The molecule has 1 fully saturated rings. The largest absolute Gasteiger partial charge is 0.377 e. The highest BCUT2D eigenvalue weighted by Crippen LogP contribution is 2.37. The Labute approximate surface area is 95.3 Å². The Morgan fingerprint density at radius 1 is 1.27 bits per heavy atom. The molecule has 0 aromatic rings. The predicted molar refractivity (Wildman–Crippen MR) is 68.3 cm³/mol. The molecule has 1 N–H and O–H groups in total. The molecule has 0 aromatic carbocycles. The van der Waals surface area contributed by atoms with Crippen molar-refractivity contribution in [1.29, 1.82) is 0 Å². The molecule has 0 amide bonds. The van der Waals surface area contributed by atoms with Crippen molar-refractivity contribution in [3.05, 3.63) is 0 Å². The summed E-state index contributed by atoms with van der Waals surface area (Å²) in [5, 5.41) is 10.5. The summed E-state index contributed by atoms with van der Waals surface area (Å²) in [5.74, 6) is 4.10. The van der Waals surface area contributed by atoms with Crippen LogP contribution in [0.2, 0.25) is 19.6 Å². The predicted octanol–water partition coefficient (Wildman–Crippen LogP) is 3.05. The first-order valence-electron chi connectivity index (χ1n) is 6.01. The molecule has 1 aliphatic rings. The molecule has 86 valence electrons. The Kier molecular flexibility index (Phi) is 3.68. The van der Waals surface area contributed by atoms with E-state index in [4.69, 9.17) is 0 Å². The van der Waals surface area contributed by atoms with E-state index in [1.54, 1.807) is 0 Å². The summed E-state index contributed by atoms with van der Waals surface area (Å²) in [6.07, 6.45) is 3.20. The highest BCUT2D eigenvalue weighted by atomic mass is 28.3. The molecule has 1 saturated carbocycles. The lowest BCUT2D eigenvalue weighted by molar-refractivity contribution is -0.0129. The highest BCUT2D eigenvalue weighted by Gasteiger charge is 2.38. The second-order valence-corrected chi connectivity index (χ2v) is 10.8. The minimum absolute atomic E-state index is 0.315. The van der Waals surface area contributed by atoms with Crippen LogP contribution in [0.15, 0.2) is 0 Å². The van der Waals surface area contributed by atoms with Crippen LogP contribution in [0.25, 0.3) is 0 Å². The average molecular weight is 224 g/mol. The third-order valence-electron chi connectivity index (χ3n) is 3.48. The fraction of sp³-hybridized carbons (Fsp3) is 0.846. The minimum Gasteiger partial charge on any atom is -0.377 e. The lowest BCUT2D eigenvalue weighted by Crippen LogP contribution is -2.42. The third-order valence-corrected chi connectivity index (χ3v) is 4.35. The molecule has 0 bridgehead atoms. The van der Waals surface area contributed by atoms with Crippen molar-refractivity contribution in [2.75, 3.05) is 0 Å². The summed E-state index contributed by atoms with van der Waals surface area (Å²) < 4.78 is 0. The average Bonchev–Trinajstić information content (AvgIpc) is 2.10. The van der Waals surface area contributed by atoms with Crippen LogP contribution in [0.4, 0.5) is 0 Å². The smallest absolute Gasteiger partial charge is 0.129 e.